The highest BCUT2D eigenvalue weighted by Gasteiger charge is 2.45. The molecule has 0 aliphatic carbocycles. The van der Waals surface area contributed by atoms with Gasteiger partial charge in [-0.2, -0.15) is 0 Å². The van der Waals surface area contributed by atoms with Crippen LogP contribution in [0.5, 0.6) is 0 Å². The van der Waals surface area contributed by atoms with Crippen LogP contribution in [0, 0.1) is 5.41 Å². The molecular weight excluding hydrogens is 340 g/mol. The van der Waals surface area contributed by atoms with E-state index in [1.54, 1.807) is 12.0 Å². The SMILES string of the molecule is COCCCN1CC2(CCN(C(=O)CN3C(=O)CNC3=O)CC2)CC1=O. The standard InChI is InChI=1S/C17H26N4O5/c1-26-8-2-5-20-12-17(9-13(20)22)3-6-19(7-4-17)15(24)11-21-14(23)10-18-16(21)25/h2-12H2,1H3,(H,18,25). The molecule has 0 radical (unpaired) electrons. The highest BCUT2D eigenvalue weighted by molar-refractivity contribution is 6.04. The molecule has 144 valence electrons. The lowest BCUT2D eigenvalue weighted by Crippen LogP contribution is -2.48. The van der Waals surface area contributed by atoms with Gasteiger partial charge in [0.05, 0.1) is 6.54 Å². The number of urea groups is 1. The number of hydrogen-bond acceptors (Lipinski definition) is 5. The Morgan fingerprint density at radius 2 is 1.92 bits per heavy atom. The average molecular weight is 366 g/mol. The van der Waals surface area contributed by atoms with Crippen molar-refractivity contribution in [3.8, 4) is 0 Å². The Kier molecular flexibility index (Phi) is 5.45. The van der Waals surface area contributed by atoms with Gasteiger partial charge in [0.15, 0.2) is 0 Å². The zero-order valence-electron chi connectivity index (χ0n) is 15.2. The van der Waals surface area contributed by atoms with E-state index in [1.165, 1.54) is 0 Å². The molecule has 3 saturated heterocycles. The molecule has 0 bridgehead atoms. The zero-order valence-corrected chi connectivity index (χ0v) is 15.2. The predicted molar refractivity (Wildman–Crippen MR) is 91.0 cm³/mol. The van der Waals surface area contributed by atoms with E-state index >= 15 is 0 Å². The first-order chi connectivity index (χ1) is 12.4. The number of hydrogen-bond donors (Lipinski definition) is 1. The highest BCUT2D eigenvalue weighted by atomic mass is 16.5. The summed E-state index contributed by atoms with van der Waals surface area (Å²) >= 11 is 0. The van der Waals surface area contributed by atoms with Gasteiger partial charge in [0.25, 0.3) is 5.91 Å². The second-order valence-electron chi connectivity index (χ2n) is 7.36. The van der Waals surface area contributed by atoms with Crippen LogP contribution < -0.4 is 5.32 Å². The van der Waals surface area contributed by atoms with E-state index < -0.39 is 6.03 Å². The average Bonchev–Trinajstić information content (AvgIpc) is 3.09. The van der Waals surface area contributed by atoms with Crippen LogP contribution in [0.2, 0.25) is 0 Å². The van der Waals surface area contributed by atoms with Crippen LogP contribution in [-0.2, 0) is 19.1 Å². The van der Waals surface area contributed by atoms with Gasteiger partial charge in [-0.3, -0.25) is 19.3 Å². The second kappa shape index (κ2) is 7.61. The molecule has 0 atom stereocenters. The fraction of sp³-hybridized carbons (Fsp3) is 0.765. The molecule has 0 aromatic rings. The van der Waals surface area contributed by atoms with Gasteiger partial charge < -0.3 is 19.9 Å². The number of nitrogens with zero attached hydrogens (tertiary/aromatic N) is 3. The topological polar surface area (TPSA) is 99.3 Å². The number of rotatable bonds is 6. The van der Waals surface area contributed by atoms with Gasteiger partial charge in [-0.1, -0.05) is 0 Å². The van der Waals surface area contributed by atoms with Crippen LogP contribution in [0.3, 0.4) is 0 Å². The molecule has 0 unspecified atom stereocenters. The summed E-state index contributed by atoms with van der Waals surface area (Å²) in [4.78, 5) is 52.4. The smallest absolute Gasteiger partial charge is 0.325 e. The molecule has 1 spiro atoms. The van der Waals surface area contributed by atoms with E-state index in [0.717, 1.165) is 30.7 Å². The quantitative estimate of drug-likeness (QED) is 0.501. The molecule has 3 fully saturated rings. The fourth-order valence-corrected chi connectivity index (χ4v) is 4.00. The maximum Gasteiger partial charge on any atom is 0.325 e. The third-order valence-electron chi connectivity index (χ3n) is 5.59. The molecule has 3 aliphatic heterocycles. The molecule has 5 amide bonds. The number of ether oxygens (including phenoxy) is 1. The summed E-state index contributed by atoms with van der Waals surface area (Å²) in [6, 6.07) is -0.509. The molecule has 0 aromatic heterocycles. The molecule has 3 rings (SSSR count). The van der Waals surface area contributed by atoms with E-state index in [4.69, 9.17) is 4.74 Å². The Balaban J connectivity index is 1.49. The summed E-state index contributed by atoms with van der Waals surface area (Å²) in [6.45, 7) is 2.95. The van der Waals surface area contributed by atoms with Crippen molar-refractivity contribution in [2.45, 2.75) is 25.7 Å². The number of likely N-dealkylation sites (tertiary alicyclic amines) is 2. The van der Waals surface area contributed by atoms with Gasteiger partial charge in [-0.15, -0.1) is 0 Å². The second-order valence-corrected chi connectivity index (χ2v) is 7.36. The Bertz CT molecular complexity index is 584. The van der Waals surface area contributed by atoms with Gasteiger partial charge >= 0.3 is 6.03 Å². The maximum atomic E-state index is 12.4. The number of carbonyl (C=O) groups excluding carboxylic acids is 4. The van der Waals surface area contributed by atoms with Gasteiger partial charge in [0, 0.05) is 51.7 Å². The molecule has 9 heteroatoms. The van der Waals surface area contributed by atoms with Crippen molar-refractivity contribution in [3.05, 3.63) is 0 Å². The predicted octanol–water partition coefficient (Wildman–Crippen LogP) is -0.584. The lowest BCUT2D eigenvalue weighted by atomic mass is 9.77. The number of carbonyl (C=O) groups is 4. The Labute approximate surface area is 152 Å². The van der Waals surface area contributed by atoms with Crippen molar-refractivity contribution in [2.75, 3.05) is 53.0 Å². The van der Waals surface area contributed by atoms with E-state index in [1.807, 2.05) is 4.90 Å². The summed E-state index contributed by atoms with van der Waals surface area (Å²) in [7, 11) is 1.65. The summed E-state index contributed by atoms with van der Waals surface area (Å²) in [5.41, 5.74) is -0.0538. The van der Waals surface area contributed by atoms with E-state index in [9.17, 15) is 19.2 Å². The number of methoxy groups -OCH3 is 1. The third kappa shape index (κ3) is 3.82. The fourth-order valence-electron chi connectivity index (χ4n) is 4.00. The van der Waals surface area contributed by atoms with Crippen molar-refractivity contribution in [2.24, 2.45) is 5.41 Å². The third-order valence-corrected chi connectivity index (χ3v) is 5.59. The van der Waals surface area contributed by atoms with Crippen LogP contribution >= 0.6 is 0 Å². The summed E-state index contributed by atoms with van der Waals surface area (Å²) in [5, 5.41) is 2.41. The highest BCUT2D eigenvalue weighted by Crippen LogP contribution is 2.41. The molecule has 0 saturated carbocycles. The van der Waals surface area contributed by atoms with Crippen LogP contribution in [0.1, 0.15) is 25.7 Å². The molecule has 26 heavy (non-hydrogen) atoms. The van der Waals surface area contributed by atoms with E-state index in [2.05, 4.69) is 5.32 Å². The van der Waals surface area contributed by atoms with Crippen LogP contribution in [0.15, 0.2) is 0 Å². The number of nitrogens with one attached hydrogen (secondary N) is 1. The summed E-state index contributed by atoms with van der Waals surface area (Å²) < 4.78 is 5.05. The van der Waals surface area contributed by atoms with Gasteiger partial charge in [0.1, 0.15) is 6.54 Å². The summed E-state index contributed by atoms with van der Waals surface area (Å²) in [5.74, 6) is -0.406. The number of imide groups is 1. The lowest BCUT2D eigenvalue weighted by Gasteiger charge is -2.39. The first-order valence-electron chi connectivity index (χ1n) is 9.07. The molecule has 3 heterocycles. The van der Waals surface area contributed by atoms with Gasteiger partial charge in [-0.25, -0.2) is 4.79 Å². The molecule has 0 aromatic carbocycles. The van der Waals surface area contributed by atoms with Crippen molar-refractivity contribution >= 4 is 23.8 Å². The molecular formula is C17H26N4O5. The lowest BCUT2D eigenvalue weighted by molar-refractivity contribution is -0.138. The largest absolute Gasteiger partial charge is 0.385 e. The minimum atomic E-state index is -0.509. The maximum absolute atomic E-state index is 12.4. The Morgan fingerprint density at radius 1 is 1.19 bits per heavy atom. The van der Waals surface area contributed by atoms with E-state index in [-0.39, 0.29) is 36.2 Å². The van der Waals surface area contributed by atoms with Crippen LogP contribution in [0.25, 0.3) is 0 Å². The Morgan fingerprint density at radius 3 is 2.54 bits per heavy atom. The number of amides is 5. The minimum absolute atomic E-state index is 0.0454. The molecule has 9 nitrogen and oxygen atoms in total. The monoisotopic (exact) mass is 366 g/mol. The van der Waals surface area contributed by atoms with Gasteiger partial charge in [-0.05, 0) is 19.3 Å². The van der Waals surface area contributed by atoms with Crippen LogP contribution in [0.4, 0.5) is 4.79 Å². The van der Waals surface area contributed by atoms with Crippen molar-refractivity contribution in [1.82, 2.24) is 20.0 Å². The first-order valence-corrected chi connectivity index (χ1v) is 9.07. The van der Waals surface area contributed by atoms with Gasteiger partial charge in [0.2, 0.25) is 11.8 Å². The van der Waals surface area contributed by atoms with Crippen LogP contribution in [-0.4, -0.2) is 91.4 Å². The van der Waals surface area contributed by atoms with Crippen molar-refractivity contribution in [1.29, 1.82) is 0 Å². The van der Waals surface area contributed by atoms with Crippen molar-refractivity contribution < 1.29 is 23.9 Å². The summed E-state index contributed by atoms with van der Waals surface area (Å²) in [6.07, 6.45) is 2.90. The van der Waals surface area contributed by atoms with Crippen molar-refractivity contribution in [3.63, 3.8) is 0 Å². The first kappa shape index (κ1) is 18.6. The molecule has 3 aliphatic rings. The molecule has 1 N–H and O–H groups in total. The Hall–Kier alpha value is -2.16. The normalized spacial score (nSPS) is 22.5. The number of piperidine rings is 1. The zero-order chi connectivity index (χ0) is 18.7. The minimum Gasteiger partial charge on any atom is -0.385 e. The van der Waals surface area contributed by atoms with E-state index in [0.29, 0.717) is 32.7 Å².